The van der Waals surface area contributed by atoms with E-state index in [1.807, 2.05) is 12.1 Å². The van der Waals surface area contributed by atoms with Gasteiger partial charge in [-0.3, -0.25) is 0 Å². The number of rotatable bonds is 7. The zero-order chi connectivity index (χ0) is 20.2. The first-order valence-corrected chi connectivity index (χ1v) is 8.94. The number of halogens is 2. The monoisotopic (exact) mass is 412 g/mol. The number of benzene rings is 2. The van der Waals surface area contributed by atoms with Gasteiger partial charge in [-0.25, -0.2) is 9.49 Å². The van der Waals surface area contributed by atoms with E-state index >= 15 is 0 Å². The van der Waals surface area contributed by atoms with E-state index in [2.05, 4.69) is 25.9 Å². The summed E-state index contributed by atoms with van der Waals surface area (Å²) in [6.45, 7) is -0.432. The standard InChI is InChI=1S/C19H14ClFN6O2/c20-15-6-11-7-18(19-24-26-27-25-19)29-17(11)8-13(15)10-23-14-1-2-16(28-4-3-22)12(5-14)9-21/h1-2,5-8,23H,4,9-10H2,(H,24,25,26,27). The third-order valence-corrected chi connectivity index (χ3v) is 4.60. The van der Waals surface area contributed by atoms with Crippen molar-refractivity contribution in [3.8, 4) is 23.4 Å². The fourth-order valence-corrected chi connectivity index (χ4v) is 3.10. The highest BCUT2D eigenvalue weighted by Gasteiger charge is 2.13. The molecule has 0 bridgehead atoms. The predicted molar refractivity (Wildman–Crippen MR) is 104 cm³/mol. The highest BCUT2D eigenvalue weighted by molar-refractivity contribution is 6.32. The summed E-state index contributed by atoms with van der Waals surface area (Å²) >= 11 is 6.40. The van der Waals surface area contributed by atoms with Gasteiger partial charge < -0.3 is 14.5 Å². The van der Waals surface area contributed by atoms with Crippen LogP contribution in [0.1, 0.15) is 11.1 Å². The summed E-state index contributed by atoms with van der Waals surface area (Å²) < 4.78 is 24.3. The van der Waals surface area contributed by atoms with Crippen LogP contribution in [-0.4, -0.2) is 27.2 Å². The number of hydrogen-bond acceptors (Lipinski definition) is 7. The molecule has 0 aliphatic rings. The molecule has 8 nitrogen and oxygen atoms in total. The van der Waals surface area contributed by atoms with Crippen LogP contribution in [0.4, 0.5) is 10.1 Å². The summed E-state index contributed by atoms with van der Waals surface area (Å²) in [5.41, 5.74) is 2.51. The number of nitrogens with one attached hydrogen (secondary N) is 2. The molecule has 2 N–H and O–H groups in total. The number of tetrazole rings is 1. The van der Waals surface area contributed by atoms with Crippen LogP contribution >= 0.6 is 11.6 Å². The number of nitriles is 1. The van der Waals surface area contributed by atoms with Crippen molar-refractivity contribution in [1.29, 1.82) is 5.26 Å². The van der Waals surface area contributed by atoms with E-state index in [9.17, 15) is 4.39 Å². The summed E-state index contributed by atoms with van der Waals surface area (Å²) in [7, 11) is 0. The van der Waals surface area contributed by atoms with Gasteiger partial charge >= 0.3 is 0 Å². The molecule has 0 amide bonds. The molecule has 0 saturated heterocycles. The van der Waals surface area contributed by atoms with E-state index in [1.54, 1.807) is 30.3 Å². The highest BCUT2D eigenvalue weighted by Crippen LogP contribution is 2.31. The molecular formula is C19H14ClFN6O2. The van der Waals surface area contributed by atoms with Gasteiger partial charge in [0.25, 0.3) is 0 Å². The highest BCUT2D eigenvalue weighted by atomic mass is 35.5. The fourth-order valence-electron chi connectivity index (χ4n) is 2.86. The third-order valence-electron chi connectivity index (χ3n) is 4.24. The van der Waals surface area contributed by atoms with E-state index in [-0.39, 0.29) is 6.61 Å². The Kier molecular flexibility index (Phi) is 5.27. The van der Waals surface area contributed by atoms with Gasteiger partial charge in [-0.2, -0.15) is 5.26 Å². The molecule has 2 aromatic heterocycles. The normalized spacial score (nSPS) is 10.8. The average molecular weight is 413 g/mol. The smallest absolute Gasteiger partial charge is 0.215 e. The summed E-state index contributed by atoms with van der Waals surface area (Å²) in [5, 5.41) is 26.7. The Morgan fingerprint density at radius 2 is 2.14 bits per heavy atom. The van der Waals surface area contributed by atoms with Crippen LogP contribution in [0.5, 0.6) is 5.75 Å². The molecule has 4 rings (SSSR count). The first kappa shape index (κ1) is 18.7. The second kappa shape index (κ2) is 8.16. The number of nitrogens with zero attached hydrogens (tertiary/aromatic N) is 4. The Balaban J connectivity index is 1.53. The molecule has 29 heavy (non-hydrogen) atoms. The van der Waals surface area contributed by atoms with Crippen LogP contribution in [0, 0.1) is 11.3 Å². The first-order chi connectivity index (χ1) is 14.2. The van der Waals surface area contributed by atoms with Gasteiger partial charge in [0.1, 0.15) is 24.1 Å². The second-order valence-electron chi connectivity index (χ2n) is 6.10. The first-order valence-electron chi connectivity index (χ1n) is 8.56. The van der Waals surface area contributed by atoms with Crippen molar-refractivity contribution in [3.05, 3.63) is 52.5 Å². The number of furan rings is 1. The number of aromatic nitrogens is 4. The zero-order valence-corrected chi connectivity index (χ0v) is 15.7. The van der Waals surface area contributed by atoms with Gasteiger partial charge in [0, 0.05) is 28.2 Å². The lowest BCUT2D eigenvalue weighted by molar-refractivity contribution is 0.355. The minimum atomic E-state index is -0.700. The number of anilines is 1. The summed E-state index contributed by atoms with van der Waals surface area (Å²) in [5.74, 6) is 1.28. The maximum atomic E-state index is 13.3. The van der Waals surface area contributed by atoms with Crippen LogP contribution in [0.2, 0.25) is 5.02 Å². The summed E-state index contributed by atoms with van der Waals surface area (Å²) in [4.78, 5) is 0. The van der Waals surface area contributed by atoms with Crippen LogP contribution in [0.25, 0.3) is 22.6 Å². The molecule has 0 spiro atoms. The third kappa shape index (κ3) is 3.97. The minimum Gasteiger partial charge on any atom is -0.478 e. The Bertz CT molecular complexity index is 1190. The van der Waals surface area contributed by atoms with Crippen LogP contribution in [0.3, 0.4) is 0 Å². The summed E-state index contributed by atoms with van der Waals surface area (Å²) in [6.07, 6.45) is 0. The van der Waals surface area contributed by atoms with Gasteiger partial charge in [0.15, 0.2) is 12.4 Å². The topological polar surface area (TPSA) is 113 Å². The SMILES string of the molecule is N#CCOc1ccc(NCc2cc3oc(-c4nnn[nH]4)cc3cc2Cl)cc1CF. The molecule has 146 valence electrons. The molecule has 4 aromatic rings. The molecule has 0 unspecified atom stereocenters. The molecule has 10 heteroatoms. The molecule has 0 radical (unpaired) electrons. The van der Waals surface area contributed by atoms with E-state index in [1.165, 1.54) is 0 Å². The van der Waals surface area contributed by atoms with Gasteiger partial charge in [-0.1, -0.05) is 11.6 Å². The lowest BCUT2D eigenvalue weighted by atomic mass is 10.1. The van der Waals surface area contributed by atoms with Crippen LogP contribution in [-0.2, 0) is 13.2 Å². The Morgan fingerprint density at radius 1 is 1.24 bits per heavy atom. The lowest BCUT2D eigenvalue weighted by Gasteiger charge is -2.12. The molecule has 0 saturated carbocycles. The van der Waals surface area contributed by atoms with Crippen molar-refractivity contribution < 1.29 is 13.5 Å². The molecular weight excluding hydrogens is 399 g/mol. The fraction of sp³-hybridized carbons (Fsp3) is 0.158. The van der Waals surface area contributed by atoms with Crippen molar-refractivity contribution >= 4 is 28.3 Å². The van der Waals surface area contributed by atoms with Crippen molar-refractivity contribution in [2.75, 3.05) is 11.9 Å². The zero-order valence-electron chi connectivity index (χ0n) is 14.9. The number of aromatic amines is 1. The van der Waals surface area contributed by atoms with Gasteiger partial charge in [0.2, 0.25) is 5.82 Å². The van der Waals surface area contributed by atoms with E-state index in [4.69, 9.17) is 26.0 Å². The second-order valence-corrected chi connectivity index (χ2v) is 6.51. The lowest BCUT2D eigenvalue weighted by Crippen LogP contribution is -2.02. The Hall–Kier alpha value is -3.64. The van der Waals surface area contributed by atoms with Crippen molar-refractivity contribution in [3.63, 3.8) is 0 Å². The molecule has 2 heterocycles. The van der Waals surface area contributed by atoms with Crippen LogP contribution < -0.4 is 10.1 Å². The Morgan fingerprint density at radius 3 is 2.90 bits per heavy atom. The van der Waals surface area contributed by atoms with E-state index < -0.39 is 6.67 Å². The van der Waals surface area contributed by atoms with Gasteiger partial charge in [-0.05, 0) is 52.4 Å². The molecule has 2 aromatic carbocycles. The van der Waals surface area contributed by atoms with Crippen molar-refractivity contribution in [2.45, 2.75) is 13.2 Å². The van der Waals surface area contributed by atoms with Gasteiger partial charge in [0.05, 0.1) is 0 Å². The van der Waals surface area contributed by atoms with Gasteiger partial charge in [-0.15, -0.1) is 5.10 Å². The Labute approximate surface area is 169 Å². The minimum absolute atomic E-state index is 0.134. The largest absolute Gasteiger partial charge is 0.478 e. The van der Waals surface area contributed by atoms with Crippen molar-refractivity contribution in [2.24, 2.45) is 0 Å². The van der Waals surface area contributed by atoms with Crippen molar-refractivity contribution in [1.82, 2.24) is 20.6 Å². The average Bonchev–Trinajstić information content (AvgIpc) is 3.40. The number of H-pyrrole nitrogens is 1. The quantitative estimate of drug-likeness (QED) is 0.466. The molecule has 0 aliphatic carbocycles. The number of ether oxygens (including phenoxy) is 1. The van der Waals surface area contributed by atoms with E-state index in [0.717, 1.165) is 10.9 Å². The predicted octanol–water partition coefficient (Wildman–Crippen LogP) is 4.25. The maximum Gasteiger partial charge on any atom is 0.215 e. The molecule has 0 aliphatic heterocycles. The molecule has 0 fully saturated rings. The number of fused-ring (bicyclic) bond motifs is 1. The van der Waals surface area contributed by atoms with E-state index in [0.29, 0.717) is 45.7 Å². The number of hydrogen-bond donors (Lipinski definition) is 2. The maximum absolute atomic E-state index is 13.3. The van der Waals surface area contributed by atoms with Crippen LogP contribution in [0.15, 0.2) is 40.8 Å². The summed E-state index contributed by atoms with van der Waals surface area (Å²) in [6, 6.07) is 12.3. The molecule has 0 atom stereocenters. The number of alkyl halides is 1.